The summed E-state index contributed by atoms with van der Waals surface area (Å²) in [6.07, 6.45) is 0. The van der Waals surface area contributed by atoms with Gasteiger partial charge in [0.05, 0.1) is 25.3 Å². The molecule has 1 atom stereocenters. The van der Waals surface area contributed by atoms with Gasteiger partial charge in [-0.05, 0) is 17.7 Å². The van der Waals surface area contributed by atoms with Crippen LogP contribution in [0.1, 0.15) is 22.0 Å². The third-order valence-corrected chi connectivity index (χ3v) is 2.08. The highest BCUT2D eigenvalue weighted by atomic mass is 19.2. The number of hydrogen-bond donors (Lipinski definition) is 2. The molecule has 0 aliphatic carbocycles. The molecule has 0 saturated carbocycles. The first-order valence-corrected chi connectivity index (χ1v) is 4.45. The molecule has 16 heavy (non-hydrogen) atoms. The highest BCUT2D eigenvalue weighted by Gasteiger charge is 2.19. The zero-order valence-corrected chi connectivity index (χ0v) is 8.54. The third kappa shape index (κ3) is 2.34. The van der Waals surface area contributed by atoms with Crippen LogP contribution in [0.4, 0.5) is 8.78 Å². The van der Waals surface area contributed by atoms with Crippen molar-refractivity contribution in [3.8, 4) is 0 Å². The van der Waals surface area contributed by atoms with Gasteiger partial charge in [0.25, 0.3) is 0 Å². The van der Waals surface area contributed by atoms with Crippen LogP contribution in [0.15, 0.2) is 12.1 Å². The minimum atomic E-state index is -1.29. The second-order valence-electron chi connectivity index (χ2n) is 3.14. The number of benzene rings is 1. The Kier molecular flexibility index (Phi) is 3.92. The number of halogens is 2. The maximum absolute atomic E-state index is 13.2. The fourth-order valence-corrected chi connectivity index (χ4v) is 1.19. The van der Waals surface area contributed by atoms with Gasteiger partial charge in [-0.15, -0.1) is 0 Å². The van der Waals surface area contributed by atoms with Crippen LogP contribution in [-0.4, -0.2) is 24.8 Å². The Labute approximate surface area is 90.6 Å². The topological polar surface area (TPSA) is 72.5 Å². The number of esters is 1. The highest BCUT2D eigenvalue weighted by Crippen LogP contribution is 2.19. The van der Waals surface area contributed by atoms with E-state index in [1.54, 1.807) is 0 Å². The molecule has 0 amide bonds. The minimum Gasteiger partial charge on any atom is -0.465 e. The number of ether oxygens (including phenoxy) is 1. The van der Waals surface area contributed by atoms with Gasteiger partial charge in [-0.2, -0.15) is 0 Å². The van der Waals surface area contributed by atoms with Crippen LogP contribution in [-0.2, 0) is 4.74 Å². The van der Waals surface area contributed by atoms with E-state index in [1.807, 2.05) is 0 Å². The minimum absolute atomic E-state index is 0.127. The number of methoxy groups -OCH3 is 1. The monoisotopic (exact) mass is 231 g/mol. The van der Waals surface area contributed by atoms with Gasteiger partial charge in [-0.25, -0.2) is 13.6 Å². The summed E-state index contributed by atoms with van der Waals surface area (Å²) in [6.45, 7) is -0.439. The molecule has 4 nitrogen and oxygen atoms in total. The van der Waals surface area contributed by atoms with Crippen LogP contribution in [0.3, 0.4) is 0 Å². The zero-order valence-electron chi connectivity index (χ0n) is 8.54. The van der Waals surface area contributed by atoms with Gasteiger partial charge in [0, 0.05) is 0 Å². The van der Waals surface area contributed by atoms with Gasteiger partial charge >= 0.3 is 5.97 Å². The number of aliphatic hydroxyl groups is 1. The lowest BCUT2D eigenvalue weighted by atomic mass is 10.0. The SMILES string of the molecule is COC(=O)c1cc(C(N)CO)cc(F)c1F. The van der Waals surface area contributed by atoms with E-state index in [2.05, 4.69) is 4.74 Å². The Hall–Kier alpha value is -1.53. The van der Waals surface area contributed by atoms with Crippen molar-refractivity contribution < 1.29 is 23.4 Å². The Morgan fingerprint density at radius 2 is 2.19 bits per heavy atom. The molecule has 0 fully saturated rings. The highest BCUT2D eigenvalue weighted by molar-refractivity contribution is 5.89. The fourth-order valence-electron chi connectivity index (χ4n) is 1.19. The summed E-state index contributed by atoms with van der Waals surface area (Å²) in [4.78, 5) is 11.1. The van der Waals surface area contributed by atoms with Gasteiger partial charge in [0.15, 0.2) is 11.6 Å². The molecule has 0 aromatic heterocycles. The Bertz CT molecular complexity index is 409. The van der Waals surface area contributed by atoms with Crippen molar-refractivity contribution in [1.82, 2.24) is 0 Å². The quantitative estimate of drug-likeness (QED) is 0.753. The maximum Gasteiger partial charge on any atom is 0.340 e. The number of aliphatic hydroxyl groups excluding tert-OH is 1. The predicted octanol–water partition coefficient (Wildman–Crippen LogP) is 0.744. The van der Waals surface area contributed by atoms with Crippen LogP contribution in [0.2, 0.25) is 0 Å². The van der Waals surface area contributed by atoms with Crippen LogP contribution in [0.25, 0.3) is 0 Å². The van der Waals surface area contributed by atoms with Gasteiger partial charge < -0.3 is 15.6 Å². The summed E-state index contributed by atoms with van der Waals surface area (Å²) >= 11 is 0. The number of carbonyl (C=O) groups excluding carboxylic acids is 1. The molecule has 1 unspecified atom stereocenters. The molecule has 1 rings (SSSR count). The lowest BCUT2D eigenvalue weighted by Gasteiger charge is -2.11. The first-order chi connectivity index (χ1) is 7.51. The number of hydrogen-bond acceptors (Lipinski definition) is 4. The lowest BCUT2D eigenvalue weighted by Crippen LogP contribution is -2.17. The van der Waals surface area contributed by atoms with Gasteiger partial charge in [0.2, 0.25) is 0 Å². The molecule has 0 radical (unpaired) electrons. The van der Waals surface area contributed by atoms with Gasteiger partial charge in [0.1, 0.15) is 0 Å². The average molecular weight is 231 g/mol. The Morgan fingerprint density at radius 1 is 1.56 bits per heavy atom. The van der Waals surface area contributed by atoms with Crippen LogP contribution < -0.4 is 5.73 Å². The molecule has 3 N–H and O–H groups in total. The summed E-state index contributed by atoms with van der Waals surface area (Å²) in [5.41, 5.74) is 5.02. The van der Waals surface area contributed by atoms with E-state index >= 15 is 0 Å². The molecule has 0 heterocycles. The average Bonchev–Trinajstić information content (AvgIpc) is 2.30. The summed E-state index contributed by atoms with van der Waals surface area (Å²) < 4.78 is 30.6. The van der Waals surface area contributed by atoms with Crippen molar-refractivity contribution in [1.29, 1.82) is 0 Å². The van der Waals surface area contributed by atoms with E-state index in [-0.39, 0.29) is 5.56 Å². The molecule has 6 heteroatoms. The number of nitrogens with two attached hydrogens (primary N) is 1. The summed E-state index contributed by atoms with van der Waals surface area (Å²) in [5.74, 6) is -3.49. The van der Waals surface area contributed by atoms with Crippen molar-refractivity contribution in [2.24, 2.45) is 5.73 Å². The van der Waals surface area contributed by atoms with E-state index in [0.29, 0.717) is 0 Å². The molecule has 88 valence electrons. The molecular formula is C10H11F2NO3. The van der Waals surface area contributed by atoms with Gasteiger partial charge in [-0.1, -0.05) is 0 Å². The molecule has 0 aliphatic rings. The number of rotatable bonds is 3. The molecule has 0 aliphatic heterocycles. The van der Waals surface area contributed by atoms with Crippen LogP contribution in [0.5, 0.6) is 0 Å². The van der Waals surface area contributed by atoms with Crippen molar-refractivity contribution >= 4 is 5.97 Å². The van der Waals surface area contributed by atoms with Crippen LogP contribution in [0, 0.1) is 11.6 Å². The van der Waals surface area contributed by atoms with Crippen LogP contribution >= 0.6 is 0 Å². The van der Waals surface area contributed by atoms with Crippen molar-refractivity contribution in [3.63, 3.8) is 0 Å². The molecule has 0 saturated heterocycles. The molecule has 0 bridgehead atoms. The van der Waals surface area contributed by atoms with E-state index in [0.717, 1.165) is 19.2 Å². The zero-order chi connectivity index (χ0) is 12.3. The third-order valence-electron chi connectivity index (χ3n) is 2.08. The molecule has 0 spiro atoms. The normalized spacial score (nSPS) is 12.3. The Morgan fingerprint density at radius 3 is 2.69 bits per heavy atom. The molecule has 1 aromatic rings. The van der Waals surface area contributed by atoms with Gasteiger partial charge in [-0.3, -0.25) is 0 Å². The largest absolute Gasteiger partial charge is 0.465 e. The van der Waals surface area contributed by atoms with Crippen molar-refractivity contribution in [3.05, 3.63) is 34.9 Å². The summed E-state index contributed by atoms with van der Waals surface area (Å²) in [5, 5.41) is 8.78. The smallest absolute Gasteiger partial charge is 0.340 e. The lowest BCUT2D eigenvalue weighted by molar-refractivity contribution is 0.0594. The second kappa shape index (κ2) is 5.00. The Balaban J connectivity index is 3.27. The van der Waals surface area contributed by atoms with Crippen molar-refractivity contribution in [2.45, 2.75) is 6.04 Å². The predicted molar refractivity (Wildman–Crippen MR) is 51.7 cm³/mol. The standard InChI is InChI=1S/C10H11F2NO3/c1-16-10(15)6-2-5(8(13)4-14)3-7(11)9(6)12/h2-3,8,14H,4,13H2,1H3. The number of carbonyl (C=O) groups is 1. The van der Waals surface area contributed by atoms with E-state index in [1.165, 1.54) is 0 Å². The molecular weight excluding hydrogens is 220 g/mol. The van der Waals surface area contributed by atoms with E-state index in [4.69, 9.17) is 10.8 Å². The summed E-state index contributed by atoms with van der Waals surface area (Å²) in [7, 11) is 1.05. The molecule has 1 aromatic carbocycles. The second-order valence-corrected chi connectivity index (χ2v) is 3.14. The summed E-state index contributed by atoms with van der Waals surface area (Å²) in [6, 6.07) is 1.02. The first kappa shape index (κ1) is 12.5. The van der Waals surface area contributed by atoms with Crippen molar-refractivity contribution in [2.75, 3.05) is 13.7 Å². The maximum atomic E-state index is 13.2. The van der Waals surface area contributed by atoms with E-state index < -0.39 is 35.8 Å². The fraction of sp³-hybridized carbons (Fsp3) is 0.300. The first-order valence-electron chi connectivity index (χ1n) is 4.45. The van der Waals surface area contributed by atoms with E-state index in [9.17, 15) is 13.6 Å².